The molecule has 0 saturated carbocycles. The summed E-state index contributed by atoms with van der Waals surface area (Å²) >= 11 is 5.00. The van der Waals surface area contributed by atoms with Gasteiger partial charge in [-0.25, -0.2) is 4.79 Å². The lowest BCUT2D eigenvalue weighted by molar-refractivity contribution is 0.0500. The predicted octanol–water partition coefficient (Wildman–Crippen LogP) is 2.96. The van der Waals surface area contributed by atoms with Gasteiger partial charge in [0.05, 0.1) is 10.9 Å². The monoisotopic (exact) mass is 418 g/mol. The Kier molecular flexibility index (Phi) is 6.07. The molecule has 1 aliphatic rings. The Morgan fingerprint density at radius 3 is 2.59 bits per heavy atom. The summed E-state index contributed by atoms with van der Waals surface area (Å²) in [6.45, 7) is 7.24. The first-order valence-corrected chi connectivity index (χ1v) is 10.1. The second-order valence-corrected chi connectivity index (χ2v) is 8.70. The number of aromatic amines is 2. The third kappa shape index (κ3) is 5.44. The van der Waals surface area contributed by atoms with Crippen molar-refractivity contribution in [2.45, 2.75) is 39.2 Å². The molecule has 3 N–H and O–H groups in total. The van der Waals surface area contributed by atoms with Gasteiger partial charge in [0.25, 0.3) is 11.5 Å². The minimum absolute atomic E-state index is 0.0787. The second-order valence-electron chi connectivity index (χ2n) is 8.29. The summed E-state index contributed by atoms with van der Waals surface area (Å²) in [5.74, 6) is 0.225. The highest BCUT2D eigenvalue weighted by Crippen LogP contribution is 2.20. The molecule has 1 aromatic heterocycles. The summed E-state index contributed by atoms with van der Waals surface area (Å²) in [6, 6.07) is 4.95. The zero-order chi connectivity index (χ0) is 21.2. The summed E-state index contributed by atoms with van der Waals surface area (Å²) in [4.78, 5) is 43.8. The van der Waals surface area contributed by atoms with Gasteiger partial charge in [-0.1, -0.05) is 0 Å². The molecule has 1 aromatic carbocycles. The molecule has 29 heavy (non-hydrogen) atoms. The van der Waals surface area contributed by atoms with Crippen LogP contribution in [0.3, 0.4) is 0 Å². The van der Waals surface area contributed by atoms with Gasteiger partial charge < -0.3 is 19.9 Å². The number of carbonyl (C=O) groups excluding carboxylic acids is 2. The van der Waals surface area contributed by atoms with Crippen LogP contribution in [0.5, 0.6) is 0 Å². The SMILES string of the molecule is CC(C)(C)OC(=O)NCC1CCN(C(=O)c2ccc3c(=O)[nH]c(=S)[nH]c3c2)CC1. The van der Waals surface area contributed by atoms with Crippen molar-refractivity contribution >= 4 is 35.1 Å². The number of likely N-dealkylation sites (tertiary alicyclic amines) is 1. The summed E-state index contributed by atoms with van der Waals surface area (Å²) in [6.07, 6.45) is 1.19. The molecule has 0 spiro atoms. The van der Waals surface area contributed by atoms with Crippen LogP contribution in [0.15, 0.2) is 23.0 Å². The molecule has 0 unspecified atom stereocenters. The minimum atomic E-state index is -0.520. The van der Waals surface area contributed by atoms with Gasteiger partial charge in [0, 0.05) is 25.2 Å². The van der Waals surface area contributed by atoms with Crippen molar-refractivity contribution in [1.82, 2.24) is 20.2 Å². The number of carbonyl (C=O) groups is 2. The van der Waals surface area contributed by atoms with Crippen LogP contribution in [-0.4, -0.2) is 52.1 Å². The number of aromatic nitrogens is 2. The number of hydrogen-bond donors (Lipinski definition) is 3. The van der Waals surface area contributed by atoms with Crippen LogP contribution < -0.4 is 10.9 Å². The van der Waals surface area contributed by atoms with Crippen molar-refractivity contribution in [3.8, 4) is 0 Å². The van der Waals surface area contributed by atoms with E-state index in [2.05, 4.69) is 15.3 Å². The average Bonchev–Trinajstić information content (AvgIpc) is 2.64. The van der Waals surface area contributed by atoms with Crippen LogP contribution in [0.25, 0.3) is 10.9 Å². The molecule has 0 bridgehead atoms. The van der Waals surface area contributed by atoms with Gasteiger partial charge in [0.1, 0.15) is 5.60 Å². The van der Waals surface area contributed by atoms with Crippen molar-refractivity contribution in [3.63, 3.8) is 0 Å². The number of rotatable bonds is 3. The third-order valence-corrected chi connectivity index (χ3v) is 5.03. The molecule has 1 saturated heterocycles. The van der Waals surface area contributed by atoms with Gasteiger partial charge in [0.15, 0.2) is 4.77 Å². The first-order valence-electron chi connectivity index (χ1n) is 9.65. The number of benzene rings is 1. The van der Waals surface area contributed by atoms with Gasteiger partial charge in [-0.3, -0.25) is 14.6 Å². The summed E-state index contributed by atoms with van der Waals surface area (Å²) in [5, 5.41) is 3.26. The molecule has 3 rings (SSSR count). The Labute approximate surface area is 173 Å². The molecule has 1 fully saturated rings. The molecule has 2 amide bonds. The number of nitrogens with zero attached hydrogens (tertiary/aromatic N) is 1. The molecule has 0 atom stereocenters. The maximum absolute atomic E-state index is 12.9. The van der Waals surface area contributed by atoms with E-state index >= 15 is 0 Å². The zero-order valence-corrected chi connectivity index (χ0v) is 17.6. The lowest BCUT2D eigenvalue weighted by atomic mass is 9.96. The first-order chi connectivity index (χ1) is 13.6. The van der Waals surface area contributed by atoms with Gasteiger partial charge >= 0.3 is 6.09 Å². The second kappa shape index (κ2) is 8.36. The number of piperidine rings is 1. The molecule has 1 aliphatic heterocycles. The Balaban J connectivity index is 1.57. The van der Waals surface area contributed by atoms with Crippen molar-refractivity contribution in [1.29, 1.82) is 0 Å². The topological polar surface area (TPSA) is 107 Å². The van der Waals surface area contributed by atoms with Gasteiger partial charge in [-0.15, -0.1) is 0 Å². The van der Waals surface area contributed by atoms with Gasteiger partial charge in [0.2, 0.25) is 0 Å². The molecule has 8 nitrogen and oxygen atoms in total. The molecule has 9 heteroatoms. The van der Waals surface area contributed by atoms with Crippen LogP contribution in [-0.2, 0) is 4.74 Å². The Bertz CT molecular complexity index is 1030. The van der Waals surface area contributed by atoms with E-state index in [4.69, 9.17) is 17.0 Å². The fraction of sp³-hybridized carbons (Fsp3) is 0.500. The van der Waals surface area contributed by atoms with E-state index in [1.807, 2.05) is 20.8 Å². The van der Waals surface area contributed by atoms with Crippen molar-refractivity contribution < 1.29 is 14.3 Å². The molecule has 0 radical (unpaired) electrons. The van der Waals surface area contributed by atoms with Crippen LogP contribution in [0, 0.1) is 10.7 Å². The average molecular weight is 419 g/mol. The van der Waals surface area contributed by atoms with Gasteiger partial charge in [-0.05, 0) is 69.9 Å². The maximum Gasteiger partial charge on any atom is 0.407 e. The molecule has 2 aromatic rings. The Hall–Kier alpha value is -2.68. The lowest BCUT2D eigenvalue weighted by Gasteiger charge is -2.32. The number of alkyl carbamates (subject to hydrolysis) is 1. The quantitative estimate of drug-likeness (QED) is 0.665. The van der Waals surface area contributed by atoms with Crippen LogP contribution in [0.4, 0.5) is 4.79 Å². The molecule has 2 heterocycles. The van der Waals surface area contributed by atoms with E-state index in [9.17, 15) is 14.4 Å². The summed E-state index contributed by atoms with van der Waals surface area (Å²) in [7, 11) is 0. The number of amides is 2. The Morgan fingerprint density at radius 1 is 1.24 bits per heavy atom. The van der Waals surface area contributed by atoms with Crippen molar-refractivity contribution in [3.05, 3.63) is 38.9 Å². The van der Waals surface area contributed by atoms with Crippen molar-refractivity contribution in [2.75, 3.05) is 19.6 Å². The number of nitrogens with one attached hydrogen (secondary N) is 3. The van der Waals surface area contributed by atoms with E-state index in [0.29, 0.717) is 42.0 Å². The molecular weight excluding hydrogens is 392 g/mol. The number of ether oxygens (including phenoxy) is 1. The highest BCUT2D eigenvalue weighted by Gasteiger charge is 2.25. The van der Waals surface area contributed by atoms with E-state index < -0.39 is 11.7 Å². The van der Waals surface area contributed by atoms with E-state index in [1.165, 1.54) is 0 Å². The summed E-state index contributed by atoms with van der Waals surface area (Å²) < 4.78 is 5.48. The molecule has 0 aliphatic carbocycles. The number of fused-ring (bicyclic) bond motifs is 1. The number of hydrogen-bond acceptors (Lipinski definition) is 5. The highest BCUT2D eigenvalue weighted by atomic mass is 32.1. The molecular formula is C20H26N4O4S. The highest BCUT2D eigenvalue weighted by molar-refractivity contribution is 7.71. The van der Waals surface area contributed by atoms with Crippen LogP contribution in [0.1, 0.15) is 44.0 Å². The fourth-order valence-corrected chi connectivity index (χ4v) is 3.57. The first kappa shape index (κ1) is 21.0. The fourth-order valence-electron chi connectivity index (χ4n) is 3.37. The van der Waals surface area contributed by atoms with Gasteiger partial charge in [-0.2, -0.15) is 0 Å². The Morgan fingerprint density at radius 2 is 1.93 bits per heavy atom. The lowest BCUT2D eigenvalue weighted by Crippen LogP contribution is -2.42. The predicted molar refractivity (Wildman–Crippen MR) is 113 cm³/mol. The van der Waals surface area contributed by atoms with E-state index in [0.717, 1.165) is 12.8 Å². The minimum Gasteiger partial charge on any atom is -0.444 e. The van der Waals surface area contributed by atoms with Crippen molar-refractivity contribution in [2.24, 2.45) is 5.92 Å². The maximum atomic E-state index is 12.9. The largest absolute Gasteiger partial charge is 0.444 e. The number of H-pyrrole nitrogens is 2. The zero-order valence-electron chi connectivity index (χ0n) is 16.8. The third-order valence-electron chi connectivity index (χ3n) is 4.82. The van der Waals surface area contributed by atoms with E-state index in [-0.39, 0.29) is 16.2 Å². The standard InChI is InChI=1S/C20H26N4O4S/c1-20(2,3)28-19(27)21-11-12-6-8-24(9-7-12)17(26)13-4-5-14-15(10-13)22-18(29)23-16(14)25/h4-5,10,12H,6-9,11H2,1-3H3,(H,21,27)(H2,22,23,25,29). The molecule has 156 valence electrons. The smallest absolute Gasteiger partial charge is 0.407 e. The summed E-state index contributed by atoms with van der Waals surface area (Å²) in [5.41, 5.74) is 0.259. The van der Waals surface area contributed by atoms with E-state index in [1.54, 1.807) is 23.1 Å². The normalized spacial score (nSPS) is 15.3. The van der Waals surface area contributed by atoms with Crippen LogP contribution >= 0.6 is 12.2 Å². The van der Waals surface area contributed by atoms with Crippen LogP contribution in [0.2, 0.25) is 0 Å².